The third-order valence-electron chi connectivity index (χ3n) is 4.58. The summed E-state index contributed by atoms with van der Waals surface area (Å²) < 4.78 is 0. The number of rotatable bonds is 5. The number of carboxylic acids is 1. The molecule has 0 aromatic heterocycles. The lowest BCUT2D eigenvalue weighted by molar-refractivity contribution is -0.162. The molecule has 2 rings (SSSR count). The van der Waals surface area contributed by atoms with Gasteiger partial charge < -0.3 is 20.2 Å². The summed E-state index contributed by atoms with van der Waals surface area (Å²) >= 11 is 0. The molecule has 6 heteroatoms. The summed E-state index contributed by atoms with van der Waals surface area (Å²) in [6.45, 7) is 2.12. The summed E-state index contributed by atoms with van der Waals surface area (Å²) in [5.74, 6) is -1.30. The van der Waals surface area contributed by atoms with Crippen LogP contribution in [0.1, 0.15) is 42.1 Å². The second-order valence-electron chi connectivity index (χ2n) is 6.10. The van der Waals surface area contributed by atoms with Crippen LogP contribution < -0.4 is 0 Å². The van der Waals surface area contributed by atoms with Gasteiger partial charge in [0, 0.05) is 18.7 Å². The molecular formula is C17H23NO5. The number of amides is 1. The monoisotopic (exact) mass is 321 g/mol. The Bertz CT molecular complexity index is 571. The van der Waals surface area contributed by atoms with Gasteiger partial charge in [0.2, 0.25) is 0 Å². The van der Waals surface area contributed by atoms with Crippen LogP contribution in [0.5, 0.6) is 0 Å². The number of nitrogens with zero attached hydrogens (tertiary/aromatic N) is 1. The van der Waals surface area contributed by atoms with Gasteiger partial charge in [-0.3, -0.25) is 9.59 Å². The molecule has 1 aliphatic rings. The third kappa shape index (κ3) is 3.38. The zero-order chi connectivity index (χ0) is 17.0. The van der Waals surface area contributed by atoms with Crippen LogP contribution in [-0.4, -0.2) is 51.3 Å². The Balaban J connectivity index is 2.22. The first-order chi connectivity index (χ1) is 10.9. The fourth-order valence-corrected chi connectivity index (χ4v) is 3.20. The molecule has 1 heterocycles. The van der Waals surface area contributed by atoms with Gasteiger partial charge in [-0.25, -0.2) is 0 Å². The van der Waals surface area contributed by atoms with Gasteiger partial charge in [0.1, 0.15) is 5.41 Å². The van der Waals surface area contributed by atoms with Gasteiger partial charge in [-0.2, -0.15) is 0 Å². The van der Waals surface area contributed by atoms with Gasteiger partial charge in [0.25, 0.3) is 5.91 Å². The first-order valence-corrected chi connectivity index (χ1v) is 7.85. The zero-order valence-electron chi connectivity index (χ0n) is 13.2. The first-order valence-electron chi connectivity index (χ1n) is 7.85. The minimum Gasteiger partial charge on any atom is -0.481 e. The van der Waals surface area contributed by atoms with Crippen molar-refractivity contribution in [2.75, 3.05) is 13.1 Å². The van der Waals surface area contributed by atoms with Crippen LogP contribution in [0.4, 0.5) is 0 Å². The maximum absolute atomic E-state index is 12.6. The number of carbonyl (C=O) groups excluding carboxylic acids is 1. The minimum atomic E-state index is -1.30. The van der Waals surface area contributed by atoms with E-state index in [4.69, 9.17) is 5.11 Å². The highest BCUT2D eigenvalue weighted by molar-refractivity contribution is 5.94. The number of piperidine rings is 1. The second-order valence-corrected chi connectivity index (χ2v) is 6.10. The average Bonchev–Trinajstić information content (AvgIpc) is 2.56. The lowest BCUT2D eigenvalue weighted by Crippen LogP contribution is -2.57. The molecule has 1 aliphatic heterocycles. The summed E-state index contributed by atoms with van der Waals surface area (Å²) in [5.41, 5.74) is -0.135. The number of hydrogen-bond donors (Lipinski definition) is 3. The summed E-state index contributed by atoms with van der Waals surface area (Å²) in [4.78, 5) is 25.9. The Labute approximate surface area is 135 Å². The number of aliphatic hydroxyl groups excluding tert-OH is 2. The molecule has 0 unspecified atom stereocenters. The number of hydrogen-bond acceptors (Lipinski definition) is 4. The molecule has 1 aromatic rings. The van der Waals surface area contributed by atoms with E-state index in [0.29, 0.717) is 30.5 Å². The van der Waals surface area contributed by atoms with Crippen LogP contribution in [0.2, 0.25) is 0 Å². The van der Waals surface area contributed by atoms with Gasteiger partial charge >= 0.3 is 5.97 Å². The normalized spacial score (nSPS) is 24.5. The van der Waals surface area contributed by atoms with Gasteiger partial charge in [-0.1, -0.05) is 25.5 Å². The number of benzene rings is 1. The highest BCUT2D eigenvalue weighted by atomic mass is 16.4. The van der Waals surface area contributed by atoms with Gasteiger partial charge in [0.15, 0.2) is 0 Å². The van der Waals surface area contributed by atoms with E-state index in [1.165, 1.54) is 4.90 Å². The van der Waals surface area contributed by atoms with E-state index in [1.54, 1.807) is 24.3 Å². The molecular weight excluding hydrogens is 298 g/mol. The predicted octanol–water partition coefficient (Wildman–Crippen LogP) is 1.26. The van der Waals surface area contributed by atoms with Gasteiger partial charge in [-0.15, -0.1) is 0 Å². The summed E-state index contributed by atoms with van der Waals surface area (Å²) in [7, 11) is 0. The Kier molecular flexibility index (Phi) is 5.38. The van der Waals surface area contributed by atoms with E-state index < -0.39 is 17.5 Å². The van der Waals surface area contributed by atoms with E-state index in [2.05, 4.69) is 0 Å². The number of aliphatic hydroxyl groups is 2. The second kappa shape index (κ2) is 7.10. The lowest BCUT2D eigenvalue weighted by Gasteiger charge is -2.43. The standard InChI is InChI=1S/C17H23NO5/c1-2-8-17(16(22)23)11-18(9-7-14(17)20)15(21)13-5-3-12(10-19)4-6-13/h3-6,14,19-20H,2,7-11H2,1H3,(H,22,23)/t14-,17+/m0/s1. The largest absolute Gasteiger partial charge is 0.481 e. The van der Waals surface area contributed by atoms with E-state index in [1.807, 2.05) is 6.92 Å². The maximum Gasteiger partial charge on any atom is 0.314 e. The molecule has 6 nitrogen and oxygen atoms in total. The number of carbonyl (C=O) groups is 2. The molecule has 1 amide bonds. The van der Waals surface area contributed by atoms with Crippen molar-refractivity contribution < 1.29 is 24.9 Å². The molecule has 0 saturated carbocycles. The Morgan fingerprint density at radius 3 is 2.48 bits per heavy atom. The fraction of sp³-hybridized carbons (Fsp3) is 0.529. The molecule has 1 fully saturated rings. The summed E-state index contributed by atoms with van der Waals surface area (Å²) in [5, 5.41) is 28.9. The van der Waals surface area contributed by atoms with Gasteiger partial charge in [-0.05, 0) is 30.5 Å². The summed E-state index contributed by atoms with van der Waals surface area (Å²) in [6.07, 6.45) is 0.265. The average molecular weight is 321 g/mol. The van der Waals surface area contributed by atoms with E-state index in [9.17, 15) is 19.8 Å². The fourth-order valence-electron chi connectivity index (χ4n) is 3.20. The molecule has 3 N–H and O–H groups in total. The molecule has 2 atom stereocenters. The molecule has 0 spiro atoms. The van der Waals surface area contributed by atoms with E-state index in [0.717, 1.165) is 0 Å². The molecule has 0 aliphatic carbocycles. The third-order valence-corrected chi connectivity index (χ3v) is 4.58. The molecule has 0 bridgehead atoms. The zero-order valence-corrected chi connectivity index (χ0v) is 13.2. The minimum absolute atomic E-state index is 0.0118. The quantitative estimate of drug-likeness (QED) is 0.758. The van der Waals surface area contributed by atoms with Crippen molar-refractivity contribution in [3.63, 3.8) is 0 Å². The van der Waals surface area contributed by atoms with Crippen LogP contribution >= 0.6 is 0 Å². The van der Waals surface area contributed by atoms with Crippen molar-refractivity contribution in [1.29, 1.82) is 0 Å². The van der Waals surface area contributed by atoms with E-state index >= 15 is 0 Å². The van der Waals surface area contributed by atoms with Crippen molar-refractivity contribution in [3.8, 4) is 0 Å². The molecule has 1 aromatic carbocycles. The number of carboxylic acid groups (broad SMARTS) is 1. The predicted molar refractivity (Wildman–Crippen MR) is 83.9 cm³/mol. The summed E-state index contributed by atoms with van der Waals surface area (Å²) in [6, 6.07) is 6.59. The SMILES string of the molecule is CCC[C@@]1(C(=O)O)CN(C(=O)c2ccc(CO)cc2)CC[C@@H]1O. The number of aliphatic carboxylic acids is 1. The topological polar surface area (TPSA) is 98.1 Å². The molecule has 126 valence electrons. The highest BCUT2D eigenvalue weighted by Crippen LogP contribution is 2.36. The Morgan fingerprint density at radius 2 is 1.96 bits per heavy atom. The van der Waals surface area contributed by atoms with Crippen LogP contribution in [0, 0.1) is 5.41 Å². The molecule has 0 radical (unpaired) electrons. The number of likely N-dealkylation sites (tertiary alicyclic amines) is 1. The Morgan fingerprint density at radius 1 is 1.30 bits per heavy atom. The van der Waals surface area contributed by atoms with Crippen molar-refractivity contribution in [1.82, 2.24) is 4.90 Å². The Hall–Kier alpha value is -1.92. The van der Waals surface area contributed by atoms with Crippen molar-refractivity contribution in [3.05, 3.63) is 35.4 Å². The smallest absolute Gasteiger partial charge is 0.314 e. The highest BCUT2D eigenvalue weighted by Gasteiger charge is 2.49. The van der Waals surface area contributed by atoms with Crippen molar-refractivity contribution in [2.24, 2.45) is 5.41 Å². The lowest BCUT2D eigenvalue weighted by atomic mass is 9.74. The molecule has 23 heavy (non-hydrogen) atoms. The maximum atomic E-state index is 12.6. The van der Waals surface area contributed by atoms with Crippen LogP contribution in [-0.2, 0) is 11.4 Å². The van der Waals surface area contributed by atoms with Crippen molar-refractivity contribution >= 4 is 11.9 Å². The van der Waals surface area contributed by atoms with Crippen LogP contribution in [0.3, 0.4) is 0 Å². The van der Waals surface area contributed by atoms with Crippen LogP contribution in [0.15, 0.2) is 24.3 Å². The first kappa shape index (κ1) is 17.4. The van der Waals surface area contributed by atoms with Crippen LogP contribution in [0.25, 0.3) is 0 Å². The van der Waals surface area contributed by atoms with Gasteiger partial charge in [0.05, 0.1) is 12.7 Å². The molecule has 1 saturated heterocycles. The van der Waals surface area contributed by atoms with Crippen molar-refractivity contribution in [2.45, 2.75) is 38.9 Å². The van der Waals surface area contributed by atoms with E-state index in [-0.39, 0.29) is 25.5 Å².